The number of aromatic nitrogens is 1. The quantitative estimate of drug-likeness (QED) is 0.826. The Labute approximate surface area is 122 Å². The largest absolute Gasteiger partial charge is 0.497 e. The van der Waals surface area contributed by atoms with Gasteiger partial charge in [0.2, 0.25) is 0 Å². The lowest BCUT2D eigenvalue weighted by Gasteiger charge is -2.08. The predicted octanol–water partition coefficient (Wildman–Crippen LogP) is 3.43. The highest BCUT2D eigenvalue weighted by molar-refractivity contribution is 9.11. The monoisotopic (exact) mass is 371 g/mol. The van der Waals surface area contributed by atoms with Crippen molar-refractivity contribution in [2.75, 3.05) is 7.11 Å². The summed E-state index contributed by atoms with van der Waals surface area (Å²) in [6.07, 6.45) is 1.77. The highest BCUT2D eigenvalue weighted by Gasteiger charge is 2.04. The molecule has 0 aliphatic carbocycles. The highest BCUT2D eigenvalue weighted by Crippen LogP contribution is 2.16. The zero-order valence-electron chi connectivity index (χ0n) is 9.69. The van der Waals surface area contributed by atoms with Crippen molar-refractivity contribution < 1.29 is 4.74 Å². The molecule has 0 bridgehead atoms. The van der Waals surface area contributed by atoms with Crippen molar-refractivity contribution in [2.45, 2.75) is 6.54 Å². The Bertz CT molecular complexity index is 623. The fourth-order valence-corrected chi connectivity index (χ4v) is 2.91. The molecule has 2 rings (SSSR count). The molecule has 2 aromatic rings. The molecule has 0 amide bonds. The van der Waals surface area contributed by atoms with Crippen molar-refractivity contribution in [1.29, 1.82) is 0 Å². The molecule has 1 aromatic heterocycles. The van der Waals surface area contributed by atoms with E-state index in [2.05, 4.69) is 31.9 Å². The molecule has 0 atom stereocenters. The number of hydrogen-bond donors (Lipinski definition) is 0. The molecule has 0 unspecified atom stereocenters. The molecule has 18 heavy (non-hydrogen) atoms. The van der Waals surface area contributed by atoms with Gasteiger partial charge in [-0.2, -0.15) is 0 Å². The van der Waals surface area contributed by atoms with E-state index in [1.54, 1.807) is 23.9 Å². The molecule has 0 radical (unpaired) electrons. The predicted molar refractivity (Wildman–Crippen MR) is 78.2 cm³/mol. The Morgan fingerprint density at radius 3 is 2.78 bits per heavy atom. The summed E-state index contributed by atoms with van der Waals surface area (Å²) in [5.74, 6) is 0.787. The maximum atomic E-state index is 11.9. The van der Waals surface area contributed by atoms with Crippen molar-refractivity contribution in [3.8, 4) is 5.75 Å². The number of benzene rings is 1. The van der Waals surface area contributed by atoms with Crippen LogP contribution in [0.4, 0.5) is 0 Å². The lowest BCUT2D eigenvalue weighted by molar-refractivity contribution is 0.414. The van der Waals surface area contributed by atoms with Gasteiger partial charge in [-0.1, -0.05) is 12.1 Å². The van der Waals surface area contributed by atoms with Crippen molar-refractivity contribution in [3.05, 3.63) is 61.4 Å². The molecule has 0 aliphatic rings. The molecular formula is C13H11Br2NO2. The molecular weight excluding hydrogens is 362 g/mol. The minimum atomic E-state index is -0.0546. The summed E-state index contributed by atoms with van der Waals surface area (Å²) in [4.78, 5) is 11.9. The first-order valence-electron chi connectivity index (χ1n) is 5.28. The molecule has 0 fully saturated rings. The van der Waals surface area contributed by atoms with Gasteiger partial charge in [-0.05, 0) is 55.6 Å². The van der Waals surface area contributed by atoms with E-state index in [1.807, 2.05) is 24.3 Å². The lowest BCUT2D eigenvalue weighted by Crippen LogP contribution is -2.20. The Morgan fingerprint density at radius 2 is 2.06 bits per heavy atom. The van der Waals surface area contributed by atoms with Crippen LogP contribution < -0.4 is 10.3 Å². The van der Waals surface area contributed by atoms with Crippen LogP contribution in [-0.2, 0) is 6.54 Å². The van der Waals surface area contributed by atoms with Crippen LogP contribution in [-0.4, -0.2) is 11.7 Å². The van der Waals surface area contributed by atoms with E-state index in [1.165, 1.54) is 0 Å². The van der Waals surface area contributed by atoms with Crippen LogP contribution in [0.2, 0.25) is 0 Å². The molecule has 0 spiro atoms. The van der Waals surface area contributed by atoms with Crippen LogP contribution in [0.3, 0.4) is 0 Å². The van der Waals surface area contributed by atoms with Crippen LogP contribution >= 0.6 is 31.9 Å². The first-order chi connectivity index (χ1) is 8.60. The van der Waals surface area contributed by atoms with Gasteiger partial charge < -0.3 is 9.30 Å². The average Bonchev–Trinajstić information content (AvgIpc) is 2.35. The molecule has 3 nitrogen and oxygen atoms in total. The molecule has 5 heteroatoms. The smallest absolute Gasteiger partial charge is 0.265 e. The van der Waals surface area contributed by atoms with Crippen LogP contribution in [0.5, 0.6) is 5.75 Å². The topological polar surface area (TPSA) is 31.2 Å². The molecule has 94 valence electrons. The number of rotatable bonds is 3. The van der Waals surface area contributed by atoms with Gasteiger partial charge in [0.1, 0.15) is 5.75 Å². The fraction of sp³-hybridized carbons (Fsp3) is 0.154. The summed E-state index contributed by atoms with van der Waals surface area (Å²) in [7, 11) is 1.63. The highest BCUT2D eigenvalue weighted by atomic mass is 79.9. The van der Waals surface area contributed by atoms with E-state index in [9.17, 15) is 4.79 Å². The zero-order chi connectivity index (χ0) is 13.1. The van der Waals surface area contributed by atoms with Crippen molar-refractivity contribution in [1.82, 2.24) is 4.57 Å². The van der Waals surface area contributed by atoms with E-state index in [-0.39, 0.29) is 5.56 Å². The van der Waals surface area contributed by atoms with E-state index < -0.39 is 0 Å². The standard InChI is InChI=1S/C13H11Br2NO2/c1-18-11-4-2-3-9(5-11)7-16-8-10(14)6-12(15)13(16)17/h2-6,8H,7H2,1H3. The third-order valence-electron chi connectivity index (χ3n) is 2.50. The lowest BCUT2D eigenvalue weighted by atomic mass is 10.2. The van der Waals surface area contributed by atoms with Gasteiger partial charge in [-0.3, -0.25) is 4.79 Å². The molecule has 0 saturated carbocycles. The van der Waals surface area contributed by atoms with E-state index in [0.717, 1.165) is 15.8 Å². The molecule has 1 aromatic carbocycles. The Hall–Kier alpha value is -1.07. The fourth-order valence-electron chi connectivity index (χ4n) is 1.65. The second kappa shape index (κ2) is 5.71. The first-order valence-corrected chi connectivity index (χ1v) is 6.87. The summed E-state index contributed by atoms with van der Waals surface area (Å²) in [6, 6.07) is 9.41. The van der Waals surface area contributed by atoms with Crippen LogP contribution in [0.25, 0.3) is 0 Å². The Morgan fingerprint density at radius 1 is 1.28 bits per heavy atom. The number of nitrogens with zero attached hydrogens (tertiary/aromatic N) is 1. The van der Waals surface area contributed by atoms with Gasteiger partial charge in [0.15, 0.2) is 0 Å². The molecule has 0 N–H and O–H groups in total. The second-order valence-electron chi connectivity index (χ2n) is 3.79. The summed E-state index contributed by atoms with van der Waals surface area (Å²) in [5.41, 5.74) is 0.961. The maximum Gasteiger partial charge on any atom is 0.265 e. The minimum absolute atomic E-state index is 0.0546. The first kappa shape index (κ1) is 13.4. The van der Waals surface area contributed by atoms with Crippen molar-refractivity contribution in [2.24, 2.45) is 0 Å². The van der Waals surface area contributed by atoms with Crippen LogP contribution in [0, 0.1) is 0 Å². The Kier molecular flexibility index (Phi) is 4.24. The van der Waals surface area contributed by atoms with E-state index >= 15 is 0 Å². The summed E-state index contributed by atoms with van der Waals surface area (Å²) in [5, 5.41) is 0. The van der Waals surface area contributed by atoms with Crippen LogP contribution in [0.15, 0.2) is 50.3 Å². The average molecular weight is 373 g/mol. The number of methoxy groups -OCH3 is 1. The van der Waals surface area contributed by atoms with E-state index in [4.69, 9.17) is 4.74 Å². The van der Waals surface area contributed by atoms with E-state index in [0.29, 0.717) is 11.0 Å². The second-order valence-corrected chi connectivity index (χ2v) is 5.56. The number of ether oxygens (including phenoxy) is 1. The molecule has 0 saturated heterocycles. The van der Waals surface area contributed by atoms with Crippen molar-refractivity contribution >= 4 is 31.9 Å². The van der Waals surface area contributed by atoms with Crippen LogP contribution in [0.1, 0.15) is 5.56 Å². The number of halogens is 2. The van der Waals surface area contributed by atoms with Crippen molar-refractivity contribution in [3.63, 3.8) is 0 Å². The maximum absolute atomic E-state index is 11.9. The number of hydrogen-bond acceptors (Lipinski definition) is 2. The third kappa shape index (κ3) is 3.03. The van der Waals surface area contributed by atoms with Gasteiger partial charge >= 0.3 is 0 Å². The summed E-state index contributed by atoms with van der Waals surface area (Å²) in [6.45, 7) is 0.508. The zero-order valence-corrected chi connectivity index (χ0v) is 12.9. The number of pyridine rings is 1. The van der Waals surface area contributed by atoms with Gasteiger partial charge in [0, 0.05) is 10.7 Å². The SMILES string of the molecule is COc1cccc(Cn2cc(Br)cc(Br)c2=O)c1. The Balaban J connectivity index is 2.36. The van der Waals surface area contributed by atoms with Gasteiger partial charge in [-0.15, -0.1) is 0 Å². The van der Waals surface area contributed by atoms with Gasteiger partial charge in [0.25, 0.3) is 5.56 Å². The van der Waals surface area contributed by atoms with Gasteiger partial charge in [0.05, 0.1) is 18.1 Å². The molecule has 0 aliphatic heterocycles. The minimum Gasteiger partial charge on any atom is -0.497 e. The summed E-state index contributed by atoms with van der Waals surface area (Å²) >= 11 is 6.62. The third-order valence-corrected chi connectivity index (χ3v) is 3.50. The normalized spacial score (nSPS) is 10.4. The molecule has 1 heterocycles. The summed E-state index contributed by atoms with van der Waals surface area (Å²) < 4.78 is 8.21. The van der Waals surface area contributed by atoms with Gasteiger partial charge in [-0.25, -0.2) is 0 Å².